The summed E-state index contributed by atoms with van der Waals surface area (Å²) in [5.41, 5.74) is 0.875. The normalized spacial score (nSPS) is 14.8. The Bertz CT molecular complexity index is 1390. The summed E-state index contributed by atoms with van der Waals surface area (Å²) in [6, 6.07) is 13.0. The van der Waals surface area contributed by atoms with E-state index in [9.17, 15) is 26.4 Å². The number of ether oxygens (including phenoxy) is 1. The van der Waals surface area contributed by atoms with E-state index >= 15 is 0 Å². The van der Waals surface area contributed by atoms with Gasteiger partial charge in [0.1, 0.15) is 0 Å². The van der Waals surface area contributed by atoms with Gasteiger partial charge in [-0.15, -0.1) is 0 Å². The van der Waals surface area contributed by atoms with Crippen LogP contribution in [0.1, 0.15) is 46.8 Å². The standard InChI is InChI=1S/C25H22ClF3N2O4S/c1-24(11-12-24)18-7-3-16(4-8-18)15-31(22-21(26)13-19(14-30-22)25(27,28)29)36(33,34)20-9-5-17(6-10-20)23(32)35-2/h3-10,13-14H,11-12,15H2,1-2H3. The smallest absolute Gasteiger partial charge is 0.417 e. The molecule has 1 saturated carbocycles. The first-order valence-electron chi connectivity index (χ1n) is 10.9. The van der Waals surface area contributed by atoms with Crippen molar-refractivity contribution in [1.29, 1.82) is 0 Å². The number of nitrogens with zero attached hydrogens (tertiary/aromatic N) is 2. The van der Waals surface area contributed by atoms with Crippen LogP contribution in [0.4, 0.5) is 19.0 Å². The number of esters is 1. The van der Waals surface area contributed by atoms with Crippen LogP contribution < -0.4 is 4.31 Å². The maximum Gasteiger partial charge on any atom is 0.417 e. The van der Waals surface area contributed by atoms with Crippen LogP contribution in [0.2, 0.25) is 5.02 Å². The van der Waals surface area contributed by atoms with Crippen molar-refractivity contribution < 1.29 is 31.1 Å². The van der Waals surface area contributed by atoms with E-state index < -0.39 is 32.8 Å². The molecule has 1 aliphatic rings. The molecule has 0 atom stereocenters. The molecule has 0 radical (unpaired) electrons. The van der Waals surface area contributed by atoms with E-state index in [4.69, 9.17) is 11.6 Å². The van der Waals surface area contributed by atoms with Crippen molar-refractivity contribution in [3.05, 3.63) is 88.1 Å². The van der Waals surface area contributed by atoms with E-state index in [-0.39, 0.29) is 28.2 Å². The van der Waals surface area contributed by atoms with E-state index in [2.05, 4.69) is 16.6 Å². The molecule has 3 aromatic rings. The lowest BCUT2D eigenvalue weighted by molar-refractivity contribution is -0.137. The quantitative estimate of drug-likeness (QED) is 0.345. The lowest BCUT2D eigenvalue weighted by Crippen LogP contribution is -2.32. The largest absolute Gasteiger partial charge is 0.465 e. The Morgan fingerprint density at radius 3 is 2.22 bits per heavy atom. The third-order valence-corrected chi connectivity index (χ3v) is 8.25. The second-order valence-electron chi connectivity index (χ2n) is 8.81. The van der Waals surface area contributed by atoms with Gasteiger partial charge in [0.05, 0.1) is 34.7 Å². The average molecular weight is 539 g/mol. The van der Waals surface area contributed by atoms with Crippen molar-refractivity contribution in [2.45, 2.75) is 42.8 Å². The van der Waals surface area contributed by atoms with Gasteiger partial charge >= 0.3 is 12.1 Å². The summed E-state index contributed by atoms with van der Waals surface area (Å²) in [5.74, 6) is -0.993. The molecule has 36 heavy (non-hydrogen) atoms. The van der Waals surface area contributed by atoms with E-state index in [0.717, 1.165) is 22.7 Å². The van der Waals surface area contributed by atoms with Crippen LogP contribution in [-0.2, 0) is 32.9 Å². The van der Waals surface area contributed by atoms with E-state index in [1.165, 1.54) is 31.4 Å². The summed E-state index contributed by atoms with van der Waals surface area (Å²) in [6.45, 7) is 1.92. The van der Waals surface area contributed by atoms with Crippen LogP contribution >= 0.6 is 11.6 Å². The molecule has 6 nitrogen and oxygen atoms in total. The Morgan fingerprint density at radius 1 is 1.11 bits per heavy atom. The number of carbonyl (C=O) groups is 1. The first-order valence-corrected chi connectivity index (χ1v) is 12.7. The molecule has 0 bridgehead atoms. The summed E-state index contributed by atoms with van der Waals surface area (Å²) < 4.78 is 72.2. The van der Waals surface area contributed by atoms with E-state index in [1.807, 2.05) is 12.1 Å². The van der Waals surface area contributed by atoms with E-state index in [0.29, 0.717) is 17.8 Å². The van der Waals surface area contributed by atoms with Crippen molar-refractivity contribution in [1.82, 2.24) is 4.98 Å². The average Bonchev–Trinajstić information content (AvgIpc) is 3.60. The number of benzene rings is 2. The van der Waals surface area contributed by atoms with Gasteiger partial charge in [-0.25, -0.2) is 22.5 Å². The number of pyridine rings is 1. The van der Waals surface area contributed by atoms with Crippen LogP contribution in [0.15, 0.2) is 65.7 Å². The van der Waals surface area contributed by atoms with Gasteiger partial charge in [-0.2, -0.15) is 13.2 Å². The Labute approximate surface area is 211 Å². The van der Waals surface area contributed by atoms with Gasteiger partial charge in [-0.05, 0) is 59.7 Å². The molecule has 1 aromatic heterocycles. The Kier molecular flexibility index (Phi) is 6.78. The lowest BCUT2D eigenvalue weighted by atomic mass is 9.97. The number of methoxy groups -OCH3 is 1. The number of alkyl halides is 3. The number of hydrogen-bond acceptors (Lipinski definition) is 5. The highest BCUT2D eigenvalue weighted by Crippen LogP contribution is 2.47. The highest BCUT2D eigenvalue weighted by Gasteiger charge is 2.39. The van der Waals surface area contributed by atoms with Gasteiger partial charge in [0.15, 0.2) is 5.82 Å². The molecule has 1 aliphatic carbocycles. The summed E-state index contributed by atoms with van der Waals surface area (Å²) in [4.78, 5) is 15.3. The van der Waals surface area contributed by atoms with Crippen molar-refractivity contribution >= 4 is 33.4 Å². The monoisotopic (exact) mass is 538 g/mol. The SMILES string of the molecule is COC(=O)c1ccc(S(=O)(=O)N(Cc2ccc(C3(C)CC3)cc2)c2ncc(C(F)(F)F)cc2Cl)cc1. The molecule has 2 aromatic carbocycles. The van der Waals surface area contributed by atoms with Crippen LogP contribution in [0.25, 0.3) is 0 Å². The van der Waals surface area contributed by atoms with Gasteiger partial charge in [0.2, 0.25) is 0 Å². The first-order chi connectivity index (χ1) is 16.8. The van der Waals surface area contributed by atoms with Crippen LogP contribution in [0, 0.1) is 0 Å². The predicted octanol–water partition coefficient (Wildman–Crippen LogP) is 5.99. The molecule has 0 N–H and O–H groups in total. The van der Waals surface area contributed by atoms with Gasteiger partial charge in [0.25, 0.3) is 10.0 Å². The highest BCUT2D eigenvalue weighted by molar-refractivity contribution is 7.92. The van der Waals surface area contributed by atoms with Crippen molar-refractivity contribution in [2.75, 3.05) is 11.4 Å². The summed E-state index contributed by atoms with van der Waals surface area (Å²) in [5, 5.41) is -0.471. The highest BCUT2D eigenvalue weighted by atomic mass is 35.5. The Balaban J connectivity index is 1.75. The first kappa shape index (κ1) is 26.0. The maximum atomic E-state index is 13.6. The number of rotatable bonds is 7. The molecule has 1 fully saturated rings. The lowest BCUT2D eigenvalue weighted by Gasteiger charge is -2.25. The van der Waals surface area contributed by atoms with Crippen LogP contribution in [0.5, 0.6) is 0 Å². The van der Waals surface area contributed by atoms with Crippen molar-refractivity contribution in [3.63, 3.8) is 0 Å². The van der Waals surface area contributed by atoms with Gasteiger partial charge in [-0.1, -0.05) is 42.8 Å². The molecule has 4 rings (SSSR count). The van der Waals surface area contributed by atoms with E-state index in [1.54, 1.807) is 12.1 Å². The van der Waals surface area contributed by atoms with Crippen LogP contribution in [0.3, 0.4) is 0 Å². The molecule has 0 saturated heterocycles. The second kappa shape index (κ2) is 9.40. The van der Waals surface area contributed by atoms with Crippen molar-refractivity contribution in [2.24, 2.45) is 0 Å². The molecule has 0 unspecified atom stereocenters. The second-order valence-corrected chi connectivity index (χ2v) is 11.1. The molecule has 1 heterocycles. The number of anilines is 1. The third-order valence-electron chi connectivity index (χ3n) is 6.23. The van der Waals surface area contributed by atoms with Gasteiger partial charge < -0.3 is 4.74 Å². The fourth-order valence-electron chi connectivity index (χ4n) is 3.71. The third kappa shape index (κ3) is 5.19. The number of carbonyl (C=O) groups excluding carboxylic acids is 1. The minimum absolute atomic E-state index is 0.115. The number of sulfonamides is 1. The molecule has 0 spiro atoms. The van der Waals surface area contributed by atoms with Crippen LogP contribution in [-0.4, -0.2) is 26.5 Å². The van der Waals surface area contributed by atoms with Crippen molar-refractivity contribution in [3.8, 4) is 0 Å². The molecular weight excluding hydrogens is 517 g/mol. The molecule has 0 amide bonds. The summed E-state index contributed by atoms with van der Waals surface area (Å²) >= 11 is 6.14. The van der Waals surface area contributed by atoms with Gasteiger partial charge in [-0.3, -0.25) is 0 Å². The predicted molar refractivity (Wildman–Crippen MR) is 128 cm³/mol. The fraction of sp³-hybridized carbons (Fsp3) is 0.280. The zero-order chi connectivity index (χ0) is 26.3. The fourth-order valence-corrected chi connectivity index (χ4v) is 5.45. The zero-order valence-corrected chi connectivity index (χ0v) is 20.9. The summed E-state index contributed by atoms with van der Waals surface area (Å²) in [7, 11) is -3.15. The van der Waals surface area contributed by atoms with Gasteiger partial charge in [0, 0.05) is 6.20 Å². The Morgan fingerprint density at radius 2 is 1.72 bits per heavy atom. The molecule has 11 heteroatoms. The maximum absolute atomic E-state index is 13.6. The molecule has 190 valence electrons. The Hall–Kier alpha value is -3.11. The number of halogens is 4. The zero-order valence-electron chi connectivity index (χ0n) is 19.3. The minimum Gasteiger partial charge on any atom is -0.465 e. The summed E-state index contributed by atoms with van der Waals surface area (Å²) in [6.07, 6.45) is -2.02. The topological polar surface area (TPSA) is 76.6 Å². The minimum atomic E-state index is -4.70. The molecule has 0 aliphatic heterocycles. The number of aromatic nitrogens is 1. The molecular formula is C25H22ClF3N2O4S. The number of hydrogen-bond donors (Lipinski definition) is 0.